The molecular weight excluding hydrogens is 258 g/mol. The molecule has 0 spiro atoms. The molecule has 0 saturated carbocycles. The second-order valence-corrected chi connectivity index (χ2v) is 5.11. The van der Waals surface area contributed by atoms with Crippen LogP contribution < -0.4 is 10.5 Å². The third-order valence-electron chi connectivity index (χ3n) is 2.86. The van der Waals surface area contributed by atoms with E-state index in [0.717, 1.165) is 16.9 Å². The minimum absolute atomic E-state index is 0.111. The van der Waals surface area contributed by atoms with Crippen molar-refractivity contribution < 1.29 is 4.74 Å². The molecular formula is C16H18ClNO. The van der Waals surface area contributed by atoms with Crippen LogP contribution >= 0.6 is 11.6 Å². The summed E-state index contributed by atoms with van der Waals surface area (Å²) in [6, 6.07) is 15.2. The van der Waals surface area contributed by atoms with E-state index in [1.165, 1.54) is 0 Å². The second-order valence-electron chi connectivity index (χ2n) is 4.70. The summed E-state index contributed by atoms with van der Waals surface area (Å²) in [4.78, 5) is 0. The third-order valence-corrected chi connectivity index (χ3v) is 3.20. The average Bonchev–Trinajstić information content (AvgIpc) is 2.38. The van der Waals surface area contributed by atoms with Crippen molar-refractivity contribution in [2.75, 3.05) is 0 Å². The molecule has 19 heavy (non-hydrogen) atoms. The fourth-order valence-corrected chi connectivity index (χ4v) is 2.25. The average molecular weight is 276 g/mol. The number of benzene rings is 2. The van der Waals surface area contributed by atoms with E-state index >= 15 is 0 Å². The van der Waals surface area contributed by atoms with Crippen molar-refractivity contribution in [3.63, 3.8) is 0 Å². The molecule has 1 atom stereocenters. The normalized spacial score (nSPS) is 12.5. The molecule has 2 N–H and O–H groups in total. The van der Waals surface area contributed by atoms with Crippen LogP contribution in [0.1, 0.15) is 31.0 Å². The third kappa shape index (κ3) is 3.28. The largest absolute Gasteiger partial charge is 0.491 e. The molecule has 0 saturated heterocycles. The summed E-state index contributed by atoms with van der Waals surface area (Å²) in [5.74, 6) is 0.810. The summed E-state index contributed by atoms with van der Waals surface area (Å²) in [6.07, 6.45) is 0.111. The lowest BCUT2D eigenvalue weighted by atomic mass is 9.98. The van der Waals surface area contributed by atoms with Crippen molar-refractivity contribution in [3.05, 3.63) is 64.7 Å². The molecule has 1 unspecified atom stereocenters. The van der Waals surface area contributed by atoms with Gasteiger partial charge in [-0.1, -0.05) is 48.0 Å². The monoisotopic (exact) mass is 275 g/mol. The number of nitrogens with two attached hydrogens (primary N) is 1. The maximum Gasteiger partial charge on any atom is 0.124 e. The minimum atomic E-state index is -0.288. The first-order valence-corrected chi connectivity index (χ1v) is 6.73. The summed E-state index contributed by atoms with van der Waals surface area (Å²) >= 11 is 6.21. The smallest absolute Gasteiger partial charge is 0.124 e. The molecule has 2 aromatic carbocycles. The van der Waals surface area contributed by atoms with E-state index in [1.807, 2.05) is 62.4 Å². The number of halogens is 1. The molecule has 0 aliphatic heterocycles. The summed E-state index contributed by atoms with van der Waals surface area (Å²) in [5, 5.41) is 0.675. The van der Waals surface area contributed by atoms with Crippen LogP contribution in [0, 0.1) is 0 Å². The van der Waals surface area contributed by atoms with Crippen LogP contribution in [0.25, 0.3) is 0 Å². The number of para-hydroxylation sites is 1. The molecule has 2 nitrogen and oxygen atoms in total. The number of hydrogen-bond donors (Lipinski definition) is 1. The number of hydrogen-bond acceptors (Lipinski definition) is 2. The van der Waals surface area contributed by atoms with E-state index in [4.69, 9.17) is 22.1 Å². The van der Waals surface area contributed by atoms with Gasteiger partial charge in [-0.15, -0.1) is 0 Å². The predicted molar refractivity (Wildman–Crippen MR) is 79.7 cm³/mol. The Kier molecular flexibility index (Phi) is 4.46. The minimum Gasteiger partial charge on any atom is -0.491 e. The molecule has 0 aliphatic rings. The van der Waals surface area contributed by atoms with Crippen molar-refractivity contribution in [1.29, 1.82) is 0 Å². The molecule has 0 heterocycles. The molecule has 3 heteroatoms. The molecule has 0 fully saturated rings. The van der Waals surface area contributed by atoms with Gasteiger partial charge in [0.05, 0.1) is 12.1 Å². The van der Waals surface area contributed by atoms with Crippen LogP contribution in [0.5, 0.6) is 5.75 Å². The summed E-state index contributed by atoms with van der Waals surface area (Å²) in [7, 11) is 0. The first-order valence-electron chi connectivity index (χ1n) is 6.35. The molecule has 100 valence electrons. The van der Waals surface area contributed by atoms with Crippen molar-refractivity contribution in [1.82, 2.24) is 0 Å². The van der Waals surface area contributed by atoms with E-state index in [0.29, 0.717) is 5.02 Å². The van der Waals surface area contributed by atoms with E-state index in [9.17, 15) is 0 Å². The van der Waals surface area contributed by atoms with Crippen LogP contribution in [0.3, 0.4) is 0 Å². The summed E-state index contributed by atoms with van der Waals surface area (Å²) in [5.41, 5.74) is 8.18. The fourth-order valence-electron chi connectivity index (χ4n) is 1.99. The Hall–Kier alpha value is -1.51. The first-order chi connectivity index (χ1) is 9.09. The van der Waals surface area contributed by atoms with E-state index in [2.05, 4.69) is 0 Å². The Balaban J connectivity index is 2.39. The van der Waals surface area contributed by atoms with Gasteiger partial charge in [0.1, 0.15) is 5.75 Å². The standard InChI is InChI=1S/C16H18ClNO/c1-11(2)19-15-10-6-4-8-13(15)16(18)12-7-3-5-9-14(12)17/h3-11,16H,18H2,1-2H3. The van der Waals surface area contributed by atoms with Gasteiger partial charge in [0.15, 0.2) is 0 Å². The molecule has 2 aromatic rings. The van der Waals surface area contributed by atoms with E-state index in [1.54, 1.807) is 0 Å². The Bertz CT molecular complexity index is 554. The first kappa shape index (κ1) is 13.9. The number of ether oxygens (including phenoxy) is 1. The quantitative estimate of drug-likeness (QED) is 0.909. The Labute approximate surface area is 119 Å². The van der Waals surface area contributed by atoms with E-state index in [-0.39, 0.29) is 12.1 Å². The summed E-state index contributed by atoms with van der Waals surface area (Å²) in [6.45, 7) is 4.00. The van der Waals surface area contributed by atoms with Crippen LogP contribution in [0.15, 0.2) is 48.5 Å². The van der Waals surface area contributed by atoms with Crippen LogP contribution in [-0.2, 0) is 0 Å². The predicted octanol–water partition coefficient (Wildman–Crippen LogP) is 4.18. The maximum atomic E-state index is 6.33. The molecule has 0 bridgehead atoms. The van der Waals surface area contributed by atoms with Crippen molar-refractivity contribution in [3.8, 4) is 5.75 Å². The highest BCUT2D eigenvalue weighted by molar-refractivity contribution is 6.31. The fraction of sp³-hybridized carbons (Fsp3) is 0.250. The molecule has 0 radical (unpaired) electrons. The lowest BCUT2D eigenvalue weighted by Crippen LogP contribution is -2.15. The zero-order chi connectivity index (χ0) is 13.8. The zero-order valence-electron chi connectivity index (χ0n) is 11.1. The summed E-state index contributed by atoms with van der Waals surface area (Å²) < 4.78 is 5.80. The highest BCUT2D eigenvalue weighted by Gasteiger charge is 2.16. The van der Waals surface area contributed by atoms with E-state index < -0.39 is 0 Å². The van der Waals surface area contributed by atoms with Crippen molar-refractivity contribution in [2.45, 2.75) is 26.0 Å². The van der Waals surface area contributed by atoms with Gasteiger partial charge in [-0.2, -0.15) is 0 Å². The van der Waals surface area contributed by atoms with Crippen molar-refractivity contribution >= 4 is 11.6 Å². The lowest BCUT2D eigenvalue weighted by Gasteiger charge is -2.19. The second kappa shape index (κ2) is 6.09. The van der Waals surface area contributed by atoms with Crippen LogP contribution in [-0.4, -0.2) is 6.10 Å². The highest BCUT2D eigenvalue weighted by Crippen LogP contribution is 2.32. The van der Waals surface area contributed by atoms with Crippen LogP contribution in [0.4, 0.5) is 0 Å². The zero-order valence-corrected chi connectivity index (χ0v) is 11.9. The van der Waals surface area contributed by atoms with Gasteiger partial charge in [0, 0.05) is 10.6 Å². The SMILES string of the molecule is CC(C)Oc1ccccc1C(N)c1ccccc1Cl. The van der Waals surface area contributed by atoms with Gasteiger partial charge in [0.25, 0.3) is 0 Å². The van der Waals surface area contributed by atoms with Gasteiger partial charge >= 0.3 is 0 Å². The van der Waals surface area contributed by atoms with Gasteiger partial charge in [-0.25, -0.2) is 0 Å². The maximum absolute atomic E-state index is 6.33. The topological polar surface area (TPSA) is 35.2 Å². The number of rotatable bonds is 4. The van der Waals surface area contributed by atoms with Gasteiger partial charge < -0.3 is 10.5 Å². The molecule has 0 aliphatic carbocycles. The molecule has 0 amide bonds. The van der Waals surface area contributed by atoms with Gasteiger partial charge in [-0.05, 0) is 31.5 Å². The van der Waals surface area contributed by atoms with Gasteiger partial charge in [-0.3, -0.25) is 0 Å². The Morgan fingerprint density at radius 3 is 2.16 bits per heavy atom. The van der Waals surface area contributed by atoms with Gasteiger partial charge in [0.2, 0.25) is 0 Å². The highest BCUT2D eigenvalue weighted by atomic mass is 35.5. The molecule has 0 aromatic heterocycles. The Morgan fingerprint density at radius 2 is 1.53 bits per heavy atom. The van der Waals surface area contributed by atoms with Crippen LogP contribution in [0.2, 0.25) is 5.02 Å². The Morgan fingerprint density at radius 1 is 0.947 bits per heavy atom. The lowest BCUT2D eigenvalue weighted by molar-refractivity contribution is 0.239. The molecule has 2 rings (SSSR count). The van der Waals surface area contributed by atoms with Crippen molar-refractivity contribution in [2.24, 2.45) is 5.73 Å².